The minimum absolute atomic E-state index is 0.0887. The first-order valence-electron chi connectivity index (χ1n) is 5.89. The highest BCUT2D eigenvalue weighted by atomic mass is 79.9. The van der Waals surface area contributed by atoms with Gasteiger partial charge >= 0.3 is 5.97 Å². The lowest BCUT2D eigenvalue weighted by molar-refractivity contribution is -0.136. The third-order valence-corrected chi connectivity index (χ3v) is 3.90. The number of benzene rings is 1. The molecule has 0 unspecified atom stereocenters. The molecule has 1 aromatic heterocycles. The van der Waals surface area contributed by atoms with Gasteiger partial charge in [0, 0.05) is 12.6 Å². The molecule has 7 heteroatoms. The Kier molecular flexibility index (Phi) is 3.13. The minimum atomic E-state index is -0.897. The molecule has 1 aliphatic rings. The average Bonchev–Trinajstić information content (AvgIpc) is 2.97. The van der Waals surface area contributed by atoms with E-state index in [0.29, 0.717) is 27.4 Å². The lowest BCUT2D eigenvalue weighted by Crippen LogP contribution is -2.06. The number of rotatable bonds is 3. The number of aromatic nitrogens is 2. The minimum Gasteiger partial charge on any atom is -0.481 e. The largest absolute Gasteiger partial charge is 0.481 e. The number of fused-ring (bicyclic) bond motifs is 1. The van der Waals surface area contributed by atoms with Gasteiger partial charge in [-0.05, 0) is 34.1 Å². The van der Waals surface area contributed by atoms with E-state index >= 15 is 0 Å². The molecule has 0 amide bonds. The van der Waals surface area contributed by atoms with Gasteiger partial charge in [0.05, 0.1) is 16.6 Å². The second-order valence-electron chi connectivity index (χ2n) is 4.37. The molecular formula is C13H11BrN2O4. The summed E-state index contributed by atoms with van der Waals surface area (Å²) in [5.74, 6) is 0.470. The number of halogens is 1. The molecule has 0 fully saturated rings. The van der Waals surface area contributed by atoms with Gasteiger partial charge in [0.2, 0.25) is 6.79 Å². The van der Waals surface area contributed by atoms with E-state index in [0.717, 1.165) is 5.56 Å². The van der Waals surface area contributed by atoms with Crippen LogP contribution < -0.4 is 9.47 Å². The number of carbonyl (C=O) groups is 1. The summed E-state index contributed by atoms with van der Waals surface area (Å²) in [6, 6.07) is 5.51. The summed E-state index contributed by atoms with van der Waals surface area (Å²) < 4.78 is 12.8. The first-order valence-corrected chi connectivity index (χ1v) is 6.68. The van der Waals surface area contributed by atoms with Crippen molar-refractivity contribution in [1.29, 1.82) is 0 Å². The molecule has 2 heterocycles. The van der Waals surface area contributed by atoms with Crippen LogP contribution in [0, 0.1) is 0 Å². The maximum atomic E-state index is 10.9. The van der Waals surface area contributed by atoms with E-state index in [1.54, 1.807) is 11.7 Å². The summed E-state index contributed by atoms with van der Waals surface area (Å²) in [4.78, 5) is 10.9. The summed E-state index contributed by atoms with van der Waals surface area (Å²) >= 11 is 3.43. The fourth-order valence-corrected chi connectivity index (χ4v) is 2.80. The molecule has 0 radical (unpaired) electrons. The number of carboxylic acid groups (broad SMARTS) is 1. The number of aliphatic carboxylic acids is 1. The van der Waals surface area contributed by atoms with E-state index in [4.69, 9.17) is 14.6 Å². The second-order valence-corrected chi connectivity index (χ2v) is 5.16. The monoisotopic (exact) mass is 338 g/mol. The highest BCUT2D eigenvalue weighted by molar-refractivity contribution is 9.10. The molecule has 1 aliphatic heterocycles. The van der Waals surface area contributed by atoms with Gasteiger partial charge in [-0.2, -0.15) is 5.10 Å². The smallest absolute Gasteiger partial charge is 0.309 e. The Morgan fingerprint density at radius 3 is 2.95 bits per heavy atom. The summed E-state index contributed by atoms with van der Waals surface area (Å²) in [6.45, 7) is 0.215. The Hall–Kier alpha value is -2.02. The van der Waals surface area contributed by atoms with Crippen molar-refractivity contribution < 1.29 is 19.4 Å². The number of aryl methyl sites for hydroxylation is 1. The summed E-state index contributed by atoms with van der Waals surface area (Å²) in [5, 5.41) is 13.3. The highest BCUT2D eigenvalue weighted by Crippen LogP contribution is 2.38. The Bertz CT molecular complexity index is 696. The molecule has 1 N–H and O–H groups in total. The van der Waals surface area contributed by atoms with Gasteiger partial charge in [-0.1, -0.05) is 0 Å². The van der Waals surface area contributed by atoms with Crippen LogP contribution in [0.4, 0.5) is 0 Å². The molecule has 3 rings (SSSR count). The van der Waals surface area contributed by atoms with Crippen LogP contribution in [0.15, 0.2) is 22.7 Å². The first kappa shape index (κ1) is 13.0. The van der Waals surface area contributed by atoms with E-state index in [2.05, 4.69) is 21.0 Å². The predicted molar refractivity (Wildman–Crippen MR) is 73.8 cm³/mol. The van der Waals surface area contributed by atoms with Crippen LogP contribution in [-0.2, 0) is 18.3 Å². The van der Waals surface area contributed by atoms with Crippen molar-refractivity contribution in [3.63, 3.8) is 0 Å². The van der Waals surface area contributed by atoms with Gasteiger partial charge < -0.3 is 14.6 Å². The zero-order chi connectivity index (χ0) is 14.3. The average molecular weight is 339 g/mol. The molecule has 0 saturated carbocycles. The summed E-state index contributed by atoms with van der Waals surface area (Å²) in [5.41, 5.74) is 2.14. The van der Waals surface area contributed by atoms with E-state index in [1.807, 2.05) is 18.2 Å². The van der Waals surface area contributed by atoms with Crippen molar-refractivity contribution >= 4 is 21.9 Å². The number of nitrogens with zero attached hydrogens (tertiary/aromatic N) is 2. The van der Waals surface area contributed by atoms with Crippen LogP contribution in [0.1, 0.15) is 5.69 Å². The quantitative estimate of drug-likeness (QED) is 0.928. The molecule has 2 aromatic rings. The van der Waals surface area contributed by atoms with Gasteiger partial charge in [0.1, 0.15) is 5.69 Å². The topological polar surface area (TPSA) is 73.6 Å². The molecular weight excluding hydrogens is 328 g/mol. The summed E-state index contributed by atoms with van der Waals surface area (Å²) in [6.07, 6.45) is -0.0887. The van der Waals surface area contributed by atoms with E-state index in [9.17, 15) is 4.79 Å². The Morgan fingerprint density at radius 1 is 1.45 bits per heavy atom. The standard InChI is InChI=1S/C13H11BrN2O4/c1-16-8(5-11(17)18)12(14)13(15-16)7-2-3-9-10(4-7)20-6-19-9/h2-4H,5-6H2,1H3,(H,17,18). The number of ether oxygens (including phenoxy) is 2. The van der Waals surface area contributed by atoms with Gasteiger partial charge in [0.15, 0.2) is 11.5 Å². The van der Waals surface area contributed by atoms with Crippen LogP contribution in [0.3, 0.4) is 0 Å². The fraction of sp³-hybridized carbons (Fsp3) is 0.231. The number of hydrogen-bond acceptors (Lipinski definition) is 4. The Morgan fingerprint density at radius 2 is 2.20 bits per heavy atom. The molecule has 0 spiro atoms. The van der Waals surface area contributed by atoms with Crippen molar-refractivity contribution in [1.82, 2.24) is 9.78 Å². The molecule has 0 saturated heterocycles. The number of hydrogen-bond donors (Lipinski definition) is 1. The van der Waals surface area contributed by atoms with Gasteiger partial charge in [-0.15, -0.1) is 0 Å². The van der Waals surface area contributed by atoms with E-state index in [-0.39, 0.29) is 13.2 Å². The van der Waals surface area contributed by atoms with Crippen LogP contribution in [0.25, 0.3) is 11.3 Å². The Labute approximate surface area is 123 Å². The maximum Gasteiger partial charge on any atom is 0.309 e. The van der Waals surface area contributed by atoms with Crippen LogP contribution >= 0.6 is 15.9 Å². The fourth-order valence-electron chi connectivity index (χ4n) is 2.10. The predicted octanol–water partition coefficient (Wildman–Crippen LogP) is 2.21. The highest BCUT2D eigenvalue weighted by Gasteiger charge is 2.20. The third kappa shape index (κ3) is 2.14. The number of carboxylic acids is 1. The van der Waals surface area contributed by atoms with Gasteiger partial charge in [-0.25, -0.2) is 0 Å². The SMILES string of the molecule is Cn1nc(-c2ccc3c(c2)OCO3)c(Br)c1CC(=O)O. The van der Waals surface area contributed by atoms with Crippen molar-refractivity contribution in [2.75, 3.05) is 6.79 Å². The van der Waals surface area contributed by atoms with Crippen LogP contribution in [0.2, 0.25) is 0 Å². The van der Waals surface area contributed by atoms with E-state index in [1.165, 1.54) is 0 Å². The van der Waals surface area contributed by atoms with Crippen molar-refractivity contribution in [2.24, 2.45) is 7.05 Å². The zero-order valence-corrected chi connectivity index (χ0v) is 12.2. The molecule has 20 heavy (non-hydrogen) atoms. The van der Waals surface area contributed by atoms with Crippen molar-refractivity contribution in [2.45, 2.75) is 6.42 Å². The zero-order valence-electron chi connectivity index (χ0n) is 10.6. The second kappa shape index (κ2) is 4.82. The van der Waals surface area contributed by atoms with E-state index < -0.39 is 5.97 Å². The molecule has 1 aromatic carbocycles. The molecule has 0 atom stereocenters. The molecule has 6 nitrogen and oxygen atoms in total. The van der Waals surface area contributed by atoms with Crippen LogP contribution in [-0.4, -0.2) is 27.6 Å². The lowest BCUT2D eigenvalue weighted by Gasteiger charge is -2.00. The third-order valence-electron chi connectivity index (χ3n) is 3.07. The molecule has 0 aliphatic carbocycles. The van der Waals surface area contributed by atoms with Gasteiger partial charge in [-0.3, -0.25) is 9.48 Å². The van der Waals surface area contributed by atoms with Crippen molar-refractivity contribution in [3.8, 4) is 22.8 Å². The summed E-state index contributed by atoms with van der Waals surface area (Å²) in [7, 11) is 1.72. The molecule has 104 valence electrons. The maximum absolute atomic E-state index is 10.9. The van der Waals surface area contributed by atoms with Crippen LogP contribution in [0.5, 0.6) is 11.5 Å². The Balaban J connectivity index is 2.04. The molecule has 0 bridgehead atoms. The normalized spacial score (nSPS) is 12.7. The van der Waals surface area contributed by atoms with Gasteiger partial charge in [0.25, 0.3) is 0 Å². The van der Waals surface area contributed by atoms with Crippen molar-refractivity contribution in [3.05, 3.63) is 28.4 Å². The lowest BCUT2D eigenvalue weighted by atomic mass is 10.1. The first-order chi connectivity index (χ1) is 9.56.